The Morgan fingerprint density at radius 2 is 2.07 bits per heavy atom. The molecule has 0 saturated carbocycles. The zero-order chi connectivity index (χ0) is 20.4. The van der Waals surface area contributed by atoms with E-state index in [2.05, 4.69) is 5.32 Å². The van der Waals surface area contributed by atoms with Crippen LogP contribution in [0.1, 0.15) is 34.7 Å². The van der Waals surface area contributed by atoms with Gasteiger partial charge in [-0.2, -0.15) is 0 Å². The van der Waals surface area contributed by atoms with E-state index in [-0.39, 0.29) is 29.4 Å². The van der Waals surface area contributed by atoms with Gasteiger partial charge in [0.2, 0.25) is 0 Å². The zero-order valence-corrected chi connectivity index (χ0v) is 16.4. The monoisotopic (exact) mass is 397 g/mol. The zero-order valence-electron chi connectivity index (χ0n) is 16.4. The molecule has 2 fully saturated rings. The van der Waals surface area contributed by atoms with Gasteiger partial charge in [-0.15, -0.1) is 0 Å². The number of urea groups is 1. The van der Waals surface area contributed by atoms with Gasteiger partial charge in [0.05, 0.1) is 7.11 Å². The number of benzene rings is 2. The second-order valence-corrected chi connectivity index (χ2v) is 7.42. The van der Waals surface area contributed by atoms with Crippen LogP contribution in [0.15, 0.2) is 42.5 Å². The predicted octanol–water partition coefficient (Wildman–Crippen LogP) is 3.38. The van der Waals surface area contributed by atoms with Crippen LogP contribution in [-0.4, -0.2) is 50.1 Å². The van der Waals surface area contributed by atoms with Crippen molar-refractivity contribution in [1.29, 1.82) is 0 Å². The molecule has 0 radical (unpaired) electrons. The fraction of sp³-hybridized carbons (Fsp3) is 0.364. The Kier molecular flexibility index (Phi) is 5.38. The molecule has 152 valence electrons. The van der Waals surface area contributed by atoms with E-state index in [1.54, 1.807) is 34.1 Å². The molecule has 0 aromatic heterocycles. The number of likely N-dealkylation sites (tertiary alicyclic amines) is 1. The number of carbonyl (C=O) groups is 2. The molecule has 7 heteroatoms. The van der Waals surface area contributed by atoms with Crippen molar-refractivity contribution in [3.63, 3.8) is 0 Å². The number of amides is 3. The van der Waals surface area contributed by atoms with Crippen LogP contribution in [0.5, 0.6) is 5.75 Å². The molecule has 6 nitrogen and oxygen atoms in total. The van der Waals surface area contributed by atoms with E-state index in [0.717, 1.165) is 24.1 Å². The molecule has 0 aliphatic carbocycles. The van der Waals surface area contributed by atoms with E-state index in [4.69, 9.17) is 4.74 Å². The minimum absolute atomic E-state index is 0.0687. The summed E-state index contributed by atoms with van der Waals surface area (Å²) in [6.07, 6.45) is 1.65. The van der Waals surface area contributed by atoms with Gasteiger partial charge in [0.1, 0.15) is 0 Å². The lowest BCUT2D eigenvalue weighted by atomic mass is 9.98. The van der Waals surface area contributed by atoms with Crippen molar-refractivity contribution in [1.82, 2.24) is 10.2 Å². The maximum atomic E-state index is 14.0. The quantitative estimate of drug-likeness (QED) is 0.860. The standard InChI is InChI=1S/C22H24FN3O3/c1-29-20-7-6-15(13-19(20)23)17-8-11-25(14-17)21(27)16-4-2-5-18(12-16)26-10-3-9-24-22(26)28/h2,4-7,12-13,17H,3,8-11,14H2,1H3,(H,24,28). The number of nitrogens with zero attached hydrogens (tertiary/aromatic N) is 2. The molecular weight excluding hydrogens is 373 g/mol. The van der Waals surface area contributed by atoms with Crippen LogP contribution < -0.4 is 15.0 Å². The Morgan fingerprint density at radius 1 is 1.21 bits per heavy atom. The first-order chi connectivity index (χ1) is 14.1. The van der Waals surface area contributed by atoms with E-state index in [0.29, 0.717) is 31.7 Å². The lowest BCUT2D eigenvalue weighted by Gasteiger charge is -2.28. The number of hydrogen-bond acceptors (Lipinski definition) is 3. The number of anilines is 1. The summed E-state index contributed by atoms with van der Waals surface area (Å²) in [4.78, 5) is 28.6. The Labute approximate surface area is 169 Å². The highest BCUT2D eigenvalue weighted by atomic mass is 19.1. The average molecular weight is 397 g/mol. The van der Waals surface area contributed by atoms with Crippen molar-refractivity contribution in [2.24, 2.45) is 0 Å². The topological polar surface area (TPSA) is 61.9 Å². The van der Waals surface area contributed by atoms with Crippen LogP contribution in [0.25, 0.3) is 0 Å². The predicted molar refractivity (Wildman–Crippen MR) is 108 cm³/mol. The van der Waals surface area contributed by atoms with Gasteiger partial charge < -0.3 is 15.0 Å². The van der Waals surface area contributed by atoms with Crippen LogP contribution in [-0.2, 0) is 0 Å². The lowest BCUT2D eigenvalue weighted by Crippen LogP contribution is -2.46. The summed E-state index contributed by atoms with van der Waals surface area (Å²) in [6, 6.07) is 12.0. The third-order valence-corrected chi connectivity index (χ3v) is 5.61. The molecule has 29 heavy (non-hydrogen) atoms. The SMILES string of the molecule is COc1ccc(C2CCN(C(=O)c3cccc(N4CCCNC4=O)c3)C2)cc1F. The molecule has 1 N–H and O–H groups in total. The minimum atomic E-state index is -0.387. The molecule has 2 heterocycles. The summed E-state index contributed by atoms with van der Waals surface area (Å²) < 4.78 is 19.0. The molecule has 1 atom stereocenters. The highest BCUT2D eigenvalue weighted by molar-refractivity contribution is 5.98. The van der Waals surface area contributed by atoms with Gasteiger partial charge in [0.15, 0.2) is 11.6 Å². The summed E-state index contributed by atoms with van der Waals surface area (Å²) in [7, 11) is 1.44. The van der Waals surface area contributed by atoms with E-state index in [9.17, 15) is 14.0 Å². The van der Waals surface area contributed by atoms with Gasteiger partial charge in [0.25, 0.3) is 5.91 Å². The molecule has 3 amide bonds. The molecule has 4 rings (SSSR count). The van der Waals surface area contributed by atoms with E-state index in [1.807, 2.05) is 12.1 Å². The molecule has 2 aromatic rings. The first-order valence-electron chi connectivity index (χ1n) is 9.85. The largest absolute Gasteiger partial charge is 0.494 e. The fourth-order valence-electron chi connectivity index (χ4n) is 4.02. The van der Waals surface area contributed by atoms with Crippen LogP contribution in [0.2, 0.25) is 0 Å². The number of carbonyl (C=O) groups excluding carboxylic acids is 2. The van der Waals surface area contributed by atoms with Gasteiger partial charge in [-0.3, -0.25) is 9.69 Å². The maximum Gasteiger partial charge on any atom is 0.321 e. The smallest absolute Gasteiger partial charge is 0.321 e. The first kappa shape index (κ1) is 19.2. The second-order valence-electron chi connectivity index (χ2n) is 7.42. The van der Waals surface area contributed by atoms with Crippen molar-refractivity contribution in [2.45, 2.75) is 18.8 Å². The van der Waals surface area contributed by atoms with Gasteiger partial charge in [0, 0.05) is 43.3 Å². The number of rotatable bonds is 4. The molecule has 0 spiro atoms. The number of hydrogen-bond donors (Lipinski definition) is 1. The van der Waals surface area contributed by atoms with E-state index in [1.165, 1.54) is 13.2 Å². The molecule has 1 unspecified atom stereocenters. The minimum Gasteiger partial charge on any atom is -0.494 e. The highest BCUT2D eigenvalue weighted by Gasteiger charge is 2.29. The van der Waals surface area contributed by atoms with Crippen molar-refractivity contribution in [2.75, 3.05) is 38.2 Å². The second kappa shape index (κ2) is 8.11. The van der Waals surface area contributed by atoms with Crippen molar-refractivity contribution >= 4 is 17.6 Å². The molecule has 0 bridgehead atoms. The summed E-state index contributed by atoms with van der Waals surface area (Å²) >= 11 is 0. The molecule has 2 aliphatic rings. The maximum absolute atomic E-state index is 14.0. The van der Waals surface area contributed by atoms with Crippen LogP contribution >= 0.6 is 0 Å². The summed E-state index contributed by atoms with van der Waals surface area (Å²) in [5.74, 6) is -0.142. The van der Waals surface area contributed by atoms with Crippen LogP contribution in [0, 0.1) is 5.82 Å². The average Bonchev–Trinajstić information content (AvgIpc) is 3.24. The summed E-state index contributed by atoms with van der Waals surface area (Å²) in [5, 5.41) is 2.82. The Hall–Kier alpha value is -3.09. The van der Waals surface area contributed by atoms with Gasteiger partial charge >= 0.3 is 6.03 Å². The van der Waals surface area contributed by atoms with E-state index >= 15 is 0 Å². The van der Waals surface area contributed by atoms with Crippen molar-refractivity contribution in [3.05, 3.63) is 59.4 Å². The Balaban J connectivity index is 1.47. The lowest BCUT2D eigenvalue weighted by molar-refractivity contribution is 0.0790. The Morgan fingerprint density at radius 3 is 2.83 bits per heavy atom. The van der Waals surface area contributed by atoms with E-state index < -0.39 is 0 Å². The third-order valence-electron chi connectivity index (χ3n) is 5.61. The van der Waals surface area contributed by atoms with Gasteiger partial charge in [-0.25, -0.2) is 9.18 Å². The molecule has 2 aliphatic heterocycles. The van der Waals surface area contributed by atoms with Crippen LogP contribution in [0.3, 0.4) is 0 Å². The van der Waals surface area contributed by atoms with Crippen LogP contribution in [0.4, 0.5) is 14.9 Å². The number of halogens is 1. The number of methoxy groups -OCH3 is 1. The highest BCUT2D eigenvalue weighted by Crippen LogP contribution is 2.31. The molecular formula is C22H24FN3O3. The van der Waals surface area contributed by atoms with Gasteiger partial charge in [-0.05, 0) is 48.7 Å². The number of ether oxygens (including phenoxy) is 1. The van der Waals surface area contributed by atoms with Gasteiger partial charge in [-0.1, -0.05) is 12.1 Å². The normalized spacial score (nSPS) is 19.2. The number of nitrogens with one attached hydrogen (secondary N) is 1. The molecule has 2 saturated heterocycles. The van der Waals surface area contributed by atoms with Crippen molar-refractivity contribution < 1.29 is 18.7 Å². The third kappa shape index (κ3) is 3.90. The first-order valence-corrected chi connectivity index (χ1v) is 9.85. The summed E-state index contributed by atoms with van der Waals surface area (Å²) in [6.45, 7) is 2.47. The van der Waals surface area contributed by atoms with Crippen molar-refractivity contribution in [3.8, 4) is 5.75 Å². The Bertz CT molecular complexity index is 933. The summed E-state index contributed by atoms with van der Waals surface area (Å²) in [5.41, 5.74) is 2.15. The molecule has 2 aromatic carbocycles. The fourth-order valence-corrected chi connectivity index (χ4v) is 4.02.